The standard InChI is InChI=1S/C8H6BrF3.C2H6/c9-5-6-2-1-3-7(4-6)8(10,11)12;1-2/h1-4H,5H2;1-2H3. The van der Waals surface area contributed by atoms with Crippen molar-refractivity contribution in [3.05, 3.63) is 35.4 Å². The van der Waals surface area contributed by atoms with Crippen molar-refractivity contribution in [2.75, 3.05) is 0 Å². The van der Waals surface area contributed by atoms with Gasteiger partial charge in [0.25, 0.3) is 0 Å². The first-order chi connectivity index (χ1) is 6.54. The average Bonchev–Trinajstić information content (AvgIpc) is 2.20. The molecule has 0 fully saturated rings. The number of benzene rings is 1. The van der Waals surface area contributed by atoms with E-state index in [1.165, 1.54) is 6.07 Å². The van der Waals surface area contributed by atoms with Gasteiger partial charge in [0.05, 0.1) is 5.56 Å². The molecule has 0 nitrogen and oxygen atoms in total. The first-order valence-corrected chi connectivity index (χ1v) is 5.38. The van der Waals surface area contributed by atoms with Gasteiger partial charge in [0, 0.05) is 5.33 Å². The van der Waals surface area contributed by atoms with E-state index in [1.807, 2.05) is 13.8 Å². The van der Waals surface area contributed by atoms with Crippen LogP contribution in [0.15, 0.2) is 24.3 Å². The Bertz CT molecular complexity index is 268. The van der Waals surface area contributed by atoms with Crippen LogP contribution in [0, 0.1) is 0 Å². The molecule has 0 heterocycles. The third-order valence-electron chi connectivity index (χ3n) is 1.41. The summed E-state index contributed by atoms with van der Waals surface area (Å²) in [6.07, 6.45) is -4.24. The van der Waals surface area contributed by atoms with Crippen molar-refractivity contribution in [2.24, 2.45) is 0 Å². The molecule has 0 unspecified atom stereocenters. The Morgan fingerprint density at radius 3 is 2.21 bits per heavy atom. The first kappa shape index (κ1) is 13.5. The highest BCUT2D eigenvalue weighted by Gasteiger charge is 2.30. The topological polar surface area (TPSA) is 0 Å². The van der Waals surface area contributed by atoms with E-state index in [1.54, 1.807) is 6.07 Å². The summed E-state index contributed by atoms with van der Waals surface area (Å²) in [4.78, 5) is 0. The van der Waals surface area contributed by atoms with Gasteiger partial charge < -0.3 is 0 Å². The fraction of sp³-hybridized carbons (Fsp3) is 0.400. The molecule has 0 bridgehead atoms. The van der Waals surface area contributed by atoms with Gasteiger partial charge >= 0.3 is 6.18 Å². The van der Waals surface area contributed by atoms with E-state index in [2.05, 4.69) is 15.9 Å². The lowest BCUT2D eigenvalue weighted by molar-refractivity contribution is -0.137. The van der Waals surface area contributed by atoms with Crippen LogP contribution in [-0.2, 0) is 11.5 Å². The van der Waals surface area contributed by atoms with Gasteiger partial charge in [-0.1, -0.05) is 48.0 Å². The van der Waals surface area contributed by atoms with E-state index in [9.17, 15) is 13.2 Å². The Labute approximate surface area is 90.3 Å². The van der Waals surface area contributed by atoms with Crippen molar-refractivity contribution in [3.8, 4) is 0 Å². The van der Waals surface area contributed by atoms with E-state index < -0.39 is 11.7 Å². The zero-order valence-electron chi connectivity index (χ0n) is 8.03. The Morgan fingerprint density at radius 2 is 1.79 bits per heavy atom. The normalized spacial score (nSPS) is 10.4. The van der Waals surface area contributed by atoms with Crippen molar-refractivity contribution in [2.45, 2.75) is 25.4 Å². The molecule has 0 amide bonds. The predicted octanol–water partition coefficient (Wildman–Crippen LogP) is 4.63. The largest absolute Gasteiger partial charge is 0.416 e. The fourth-order valence-corrected chi connectivity index (χ4v) is 1.18. The van der Waals surface area contributed by atoms with Gasteiger partial charge in [-0.15, -0.1) is 0 Å². The molecule has 0 radical (unpaired) electrons. The van der Waals surface area contributed by atoms with Crippen molar-refractivity contribution in [1.82, 2.24) is 0 Å². The molecule has 0 aliphatic rings. The Kier molecular flexibility index (Phi) is 5.84. The molecule has 0 saturated heterocycles. The van der Waals surface area contributed by atoms with Crippen LogP contribution < -0.4 is 0 Å². The number of halogens is 4. The number of alkyl halides is 4. The predicted molar refractivity (Wildman–Crippen MR) is 55.4 cm³/mol. The molecule has 1 rings (SSSR count). The molecule has 0 aromatic heterocycles. The monoisotopic (exact) mass is 268 g/mol. The molecule has 0 N–H and O–H groups in total. The average molecular weight is 269 g/mol. The maximum Gasteiger partial charge on any atom is 0.416 e. The summed E-state index contributed by atoms with van der Waals surface area (Å²) in [5, 5.41) is 0.441. The molecule has 0 saturated carbocycles. The van der Waals surface area contributed by atoms with E-state index in [0.717, 1.165) is 12.1 Å². The second-order valence-corrected chi connectivity index (χ2v) is 2.89. The van der Waals surface area contributed by atoms with Crippen LogP contribution in [0.1, 0.15) is 25.0 Å². The minimum absolute atomic E-state index is 0.441. The molecule has 0 spiro atoms. The molecule has 0 aliphatic carbocycles. The van der Waals surface area contributed by atoms with Crippen molar-refractivity contribution in [3.63, 3.8) is 0 Å². The summed E-state index contributed by atoms with van der Waals surface area (Å²) in [7, 11) is 0. The van der Waals surface area contributed by atoms with E-state index in [0.29, 0.717) is 10.9 Å². The van der Waals surface area contributed by atoms with Gasteiger partial charge in [0.1, 0.15) is 0 Å². The molecular weight excluding hydrogens is 257 g/mol. The third-order valence-corrected chi connectivity index (χ3v) is 2.06. The summed E-state index contributed by atoms with van der Waals surface area (Å²) in [5.41, 5.74) is 0.0317. The van der Waals surface area contributed by atoms with Crippen LogP contribution in [-0.4, -0.2) is 0 Å². The third kappa shape index (κ3) is 4.13. The summed E-state index contributed by atoms with van der Waals surface area (Å²) in [6.45, 7) is 4.00. The second-order valence-electron chi connectivity index (χ2n) is 2.33. The molecular formula is C10H12BrF3. The fourth-order valence-electron chi connectivity index (χ4n) is 0.831. The molecule has 0 aliphatic heterocycles. The number of hydrogen-bond donors (Lipinski definition) is 0. The number of hydrogen-bond acceptors (Lipinski definition) is 0. The van der Waals surface area contributed by atoms with E-state index in [4.69, 9.17) is 0 Å². The lowest BCUT2D eigenvalue weighted by Gasteiger charge is -2.06. The highest BCUT2D eigenvalue weighted by Crippen LogP contribution is 2.29. The zero-order chi connectivity index (χ0) is 11.2. The molecule has 0 atom stereocenters. The van der Waals surface area contributed by atoms with Gasteiger partial charge in [-0.2, -0.15) is 13.2 Å². The lowest BCUT2D eigenvalue weighted by atomic mass is 10.1. The molecule has 14 heavy (non-hydrogen) atoms. The Balaban J connectivity index is 0.000000791. The van der Waals surface area contributed by atoms with E-state index in [-0.39, 0.29) is 0 Å². The highest BCUT2D eigenvalue weighted by atomic mass is 79.9. The Morgan fingerprint density at radius 1 is 1.21 bits per heavy atom. The minimum atomic E-state index is -4.24. The van der Waals surface area contributed by atoms with Gasteiger partial charge in [0.15, 0.2) is 0 Å². The quantitative estimate of drug-likeness (QED) is 0.652. The van der Waals surface area contributed by atoms with Crippen LogP contribution in [0.3, 0.4) is 0 Å². The first-order valence-electron chi connectivity index (χ1n) is 4.26. The summed E-state index contributed by atoms with van der Waals surface area (Å²) >= 11 is 3.09. The van der Waals surface area contributed by atoms with Crippen LogP contribution in [0.4, 0.5) is 13.2 Å². The second kappa shape index (κ2) is 6.06. The summed E-state index contributed by atoms with van der Waals surface area (Å²) in [5.74, 6) is 0. The van der Waals surface area contributed by atoms with Crippen molar-refractivity contribution in [1.29, 1.82) is 0 Å². The van der Waals surface area contributed by atoms with Crippen LogP contribution in [0.25, 0.3) is 0 Å². The van der Waals surface area contributed by atoms with E-state index >= 15 is 0 Å². The number of rotatable bonds is 1. The molecule has 1 aromatic rings. The zero-order valence-corrected chi connectivity index (χ0v) is 9.61. The molecule has 80 valence electrons. The van der Waals surface area contributed by atoms with Crippen molar-refractivity contribution < 1.29 is 13.2 Å². The van der Waals surface area contributed by atoms with Crippen LogP contribution in [0.5, 0.6) is 0 Å². The maximum atomic E-state index is 12.1. The van der Waals surface area contributed by atoms with Crippen molar-refractivity contribution >= 4 is 15.9 Å². The summed E-state index contributed by atoms with van der Waals surface area (Å²) in [6, 6.07) is 5.24. The van der Waals surface area contributed by atoms with Gasteiger partial charge in [-0.05, 0) is 11.6 Å². The summed E-state index contributed by atoms with van der Waals surface area (Å²) < 4.78 is 36.3. The lowest BCUT2D eigenvalue weighted by Crippen LogP contribution is -2.04. The molecule has 1 aromatic carbocycles. The SMILES string of the molecule is CC.FC(F)(F)c1cccc(CBr)c1. The minimum Gasteiger partial charge on any atom is -0.166 e. The Hall–Kier alpha value is -0.510. The maximum absolute atomic E-state index is 12.1. The van der Waals surface area contributed by atoms with Gasteiger partial charge in [-0.25, -0.2) is 0 Å². The highest BCUT2D eigenvalue weighted by molar-refractivity contribution is 9.08. The smallest absolute Gasteiger partial charge is 0.166 e. The van der Waals surface area contributed by atoms with Crippen LogP contribution in [0.2, 0.25) is 0 Å². The molecule has 4 heteroatoms. The van der Waals surface area contributed by atoms with Gasteiger partial charge in [0.2, 0.25) is 0 Å². The van der Waals surface area contributed by atoms with Gasteiger partial charge in [-0.3, -0.25) is 0 Å². The van der Waals surface area contributed by atoms with Crippen LogP contribution >= 0.6 is 15.9 Å².